The van der Waals surface area contributed by atoms with E-state index < -0.39 is 6.10 Å². The summed E-state index contributed by atoms with van der Waals surface area (Å²) in [5.41, 5.74) is 3.02. The number of aliphatic hydroxyl groups is 1. The number of nitrogens with zero attached hydrogens (tertiary/aromatic N) is 1. The van der Waals surface area contributed by atoms with E-state index in [-0.39, 0.29) is 12.4 Å². The van der Waals surface area contributed by atoms with Gasteiger partial charge in [-0.05, 0) is 46.7 Å². The molecule has 4 rings (SSSR count). The van der Waals surface area contributed by atoms with Crippen LogP contribution in [0.5, 0.6) is 5.75 Å². The number of hydrogen-bond donors (Lipinski definition) is 2. The Balaban J connectivity index is 1.37. The summed E-state index contributed by atoms with van der Waals surface area (Å²) in [5, 5.41) is 22.2. The zero-order valence-corrected chi connectivity index (χ0v) is 15.8. The van der Waals surface area contributed by atoms with E-state index in [1.165, 1.54) is 17.7 Å². The van der Waals surface area contributed by atoms with Crippen molar-refractivity contribution in [2.45, 2.75) is 12.6 Å². The maximum absolute atomic E-state index is 13.3. The van der Waals surface area contributed by atoms with Crippen LogP contribution in [-0.4, -0.2) is 29.5 Å². The molecule has 1 atom stereocenters. The highest BCUT2D eigenvalue weighted by Crippen LogP contribution is 2.30. The lowest BCUT2D eigenvalue weighted by atomic mass is 10.1. The van der Waals surface area contributed by atoms with Gasteiger partial charge in [-0.25, -0.2) is 4.39 Å². The van der Waals surface area contributed by atoms with E-state index in [0.717, 1.165) is 17.5 Å². The Labute approximate surface area is 165 Å². The summed E-state index contributed by atoms with van der Waals surface area (Å²) in [5.74, 6) is 0.251. The monoisotopic (exact) mass is 398 g/mol. The molecular formula is C21H19FN2O3S. The van der Waals surface area contributed by atoms with Crippen LogP contribution in [0.25, 0.3) is 22.2 Å². The minimum Gasteiger partial charge on any atom is -0.491 e. The van der Waals surface area contributed by atoms with Crippen LogP contribution in [0.3, 0.4) is 0 Å². The smallest absolute Gasteiger partial charge is 0.170 e. The van der Waals surface area contributed by atoms with Gasteiger partial charge in [0.2, 0.25) is 0 Å². The molecule has 0 aliphatic carbocycles. The van der Waals surface area contributed by atoms with Gasteiger partial charge < -0.3 is 19.7 Å². The molecule has 4 aromatic rings. The van der Waals surface area contributed by atoms with Crippen LogP contribution >= 0.6 is 11.3 Å². The average molecular weight is 398 g/mol. The number of rotatable bonds is 8. The molecule has 0 saturated heterocycles. The molecule has 1 unspecified atom stereocenters. The van der Waals surface area contributed by atoms with Gasteiger partial charge in [-0.1, -0.05) is 17.3 Å². The van der Waals surface area contributed by atoms with Crippen LogP contribution in [-0.2, 0) is 6.54 Å². The predicted molar refractivity (Wildman–Crippen MR) is 107 cm³/mol. The second-order valence-corrected chi connectivity index (χ2v) is 7.21. The van der Waals surface area contributed by atoms with E-state index in [0.29, 0.717) is 23.6 Å². The number of aromatic nitrogens is 1. The first-order valence-electron chi connectivity index (χ1n) is 8.87. The van der Waals surface area contributed by atoms with Gasteiger partial charge in [0, 0.05) is 30.1 Å². The third kappa shape index (κ3) is 4.39. The minimum absolute atomic E-state index is 0.171. The molecule has 2 aromatic heterocycles. The molecule has 28 heavy (non-hydrogen) atoms. The second-order valence-electron chi connectivity index (χ2n) is 6.43. The van der Waals surface area contributed by atoms with Gasteiger partial charge in [-0.15, -0.1) is 0 Å². The van der Waals surface area contributed by atoms with Crippen LogP contribution in [0, 0.1) is 5.82 Å². The molecule has 144 valence electrons. The first-order valence-corrected chi connectivity index (χ1v) is 9.81. The Bertz CT molecular complexity index is 1050. The van der Waals surface area contributed by atoms with Crippen molar-refractivity contribution in [2.24, 2.45) is 0 Å². The molecule has 2 aromatic carbocycles. The molecule has 0 saturated carbocycles. The van der Waals surface area contributed by atoms with Crippen molar-refractivity contribution in [1.82, 2.24) is 10.5 Å². The number of hydrogen-bond acceptors (Lipinski definition) is 6. The zero-order valence-electron chi connectivity index (χ0n) is 15.0. The van der Waals surface area contributed by atoms with Gasteiger partial charge in [0.1, 0.15) is 30.0 Å². The van der Waals surface area contributed by atoms with Gasteiger partial charge in [-0.3, -0.25) is 0 Å². The molecule has 5 nitrogen and oxygen atoms in total. The fourth-order valence-electron chi connectivity index (χ4n) is 2.88. The third-order valence-electron chi connectivity index (χ3n) is 4.27. The Morgan fingerprint density at radius 2 is 2.14 bits per heavy atom. The number of benzene rings is 2. The van der Waals surface area contributed by atoms with E-state index >= 15 is 0 Å². The molecule has 0 fully saturated rings. The number of halogens is 1. The molecule has 0 radical (unpaired) electrons. The summed E-state index contributed by atoms with van der Waals surface area (Å²) in [6.07, 6.45) is -0.627. The summed E-state index contributed by atoms with van der Waals surface area (Å²) >= 11 is 1.65. The van der Waals surface area contributed by atoms with E-state index in [1.54, 1.807) is 17.4 Å². The van der Waals surface area contributed by atoms with Crippen LogP contribution in [0.15, 0.2) is 63.8 Å². The number of nitrogens with one attached hydrogen (secondary N) is 1. The van der Waals surface area contributed by atoms with Crippen LogP contribution in [0.1, 0.15) is 5.56 Å². The Kier molecular flexibility index (Phi) is 5.66. The summed E-state index contributed by atoms with van der Waals surface area (Å²) in [7, 11) is 0. The Morgan fingerprint density at radius 1 is 1.21 bits per heavy atom. The molecule has 2 N–H and O–H groups in total. The lowest BCUT2D eigenvalue weighted by molar-refractivity contribution is 0.106. The zero-order chi connectivity index (χ0) is 19.3. The van der Waals surface area contributed by atoms with Crippen molar-refractivity contribution in [3.05, 3.63) is 70.7 Å². The average Bonchev–Trinajstić information content (AvgIpc) is 3.36. The van der Waals surface area contributed by atoms with Crippen molar-refractivity contribution < 1.29 is 18.8 Å². The molecule has 0 aliphatic rings. The van der Waals surface area contributed by atoms with Crippen LogP contribution in [0.4, 0.5) is 4.39 Å². The standard InChI is InChI=1S/C21H19FN2O3S/c22-16-4-5-19-20(9-16)27-24-21(19)15-2-1-3-18(8-15)26-12-17(25)11-23-10-14-6-7-28-13-14/h1-9,13,17,23,25H,10-12H2. The van der Waals surface area contributed by atoms with E-state index in [2.05, 4.69) is 15.9 Å². The van der Waals surface area contributed by atoms with Gasteiger partial charge in [-0.2, -0.15) is 11.3 Å². The maximum Gasteiger partial charge on any atom is 0.170 e. The van der Waals surface area contributed by atoms with E-state index in [1.807, 2.05) is 35.7 Å². The van der Waals surface area contributed by atoms with Crippen molar-refractivity contribution in [2.75, 3.05) is 13.2 Å². The number of ether oxygens (including phenoxy) is 1. The highest BCUT2D eigenvalue weighted by atomic mass is 32.1. The Morgan fingerprint density at radius 3 is 3.00 bits per heavy atom. The third-order valence-corrected chi connectivity index (χ3v) is 5.01. The van der Waals surface area contributed by atoms with Crippen molar-refractivity contribution in [3.63, 3.8) is 0 Å². The number of fused-ring (bicyclic) bond motifs is 1. The van der Waals surface area contributed by atoms with Crippen molar-refractivity contribution in [1.29, 1.82) is 0 Å². The van der Waals surface area contributed by atoms with Gasteiger partial charge in [0.05, 0.1) is 0 Å². The molecule has 0 aliphatic heterocycles. The quantitative estimate of drug-likeness (QED) is 0.465. The molecule has 0 spiro atoms. The first-order chi connectivity index (χ1) is 13.7. The normalized spacial score (nSPS) is 12.4. The number of aliphatic hydroxyl groups excluding tert-OH is 1. The summed E-state index contributed by atoms with van der Waals surface area (Å²) < 4.78 is 24.3. The lowest BCUT2D eigenvalue weighted by Crippen LogP contribution is -2.31. The largest absolute Gasteiger partial charge is 0.491 e. The van der Waals surface area contributed by atoms with Gasteiger partial charge in [0.25, 0.3) is 0 Å². The van der Waals surface area contributed by atoms with Crippen molar-refractivity contribution >= 4 is 22.3 Å². The second kappa shape index (κ2) is 8.52. The topological polar surface area (TPSA) is 67.5 Å². The number of thiophene rings is 1. The predicted octanol–water partition coefficient (Wildman–Crippen LogP) is 4.22. The SMILES string of the molecule is OC(CNCc1ccsc1)COc1cccc(-c2noc3cc(F)ccc23)c1. The van der Waals surface area contributed by atoms with E-state index in [9.17, 15) is 9.50 Å². The lowest BCUT2D eigenvalue weighted by Gasteiger charge is -2.13. The molecule has 7 heteroatoms. The fraction of sp³-hybridized carbons (Fsp3) is 0.190. The summed E-state index contributed by atoms with van der Waals surface area (Å²) in [6, 6.07) is 13.8. The molecule has 2 heterocycles. The summed E-state index contributed by atoms with van der Waals surface area (Å²) in [4.78, 5) is 0. The van der Waals surface area contributed by atoms with Gasteiger partial charge >= 0.3 is 0 Å². The molecule has 0 bridgehead atoms. The van der Waals surface area contributed by atoms with Crippen LogP contribution < -0.4 is 10.1 Å². The fourth-order valence-corrected chi connectivity index (χ4v) is 3.55. The highest BCUT2D eigenvalue weighted by Gasteiger charge is 2.12. The van der Waals surface area contributed by atoms with E-state index in [4.69, 9.17) is 9.26 Å². The first kappa shape index (κ1) is 18.6. The Hall–Kier alpha value is -2.74. The van der Waals surface area contributed by atoms with Crippen molar-refractivity contribution in [3.8, 4) is 17.0 Å². The maximum atomic E-state index is 13.3. The van der Waals surface area contributed by atoms with Crippen LogP contribution in [0.2, 0.25) is 0 Å². The molecule has 0 amide bonds. The highest BCUT2D eigenvalue weighted by molar-refractivity contribution is 7.07. The summed E-state index contributed by atoms with van der Waals surface area (Å²) in [6.45, 7) is 1.33. The minimum atomic E-state index is -0.627. The molecular weight excluding hydrogens is 379 g/mol. The van der Waals surface area contributed by atoms with Gasteiger partial charge in [0.15, 0.2) is 5.58 Å².